The van der Waals surface area contributed by atoms with Crippen molar-refractivity contribution in [3.8, 4) is 6.01 Å². The summed E-state index contributed by atoms with van der Waals surface area (Å²) in [5, 5.41) is 0. The van der Waals surface area contributed by atoms with Crippen molar-refractivity contribution in [1.82, 2.24) is 9.97 Å². The van der Waals surface area contributed by atoms with Crippen molar-refractivity contribution in [2.75, 3.05) is 13.7 Å². The molecule has 5 nitrogen and oxygen atoms in total. The van der Waals surface area contributed by atoms with Crippen molar-refractivity contribution >= 4 is 11.5 Å². The highest BCUT2D eigenvalue weighted by Crippen LogP contribution is 2.28. The lowest BCUT2D eigenvalue weighted by Gasteiger charge is -2.14. The number of methoxy groups -OCH3 is 1. The molecule has 0 saturated heterocycles. The van der Waals surface area contributed by atoms with Gasteiger partial charge in [0.2, 0.25) is 0 Å². The molecule has 2 rings (SSSR count). The number of ether oxygens (including phenoxy) is 2. The highest BCUT2D eigenvalue weighted by atomic mass is 16.5. The fourth-order valence-electron chi connectivity index (χ4n) is 1.93. The molecule has 0 aromatic carbocycles. The molecule has 0 atom stereocenters. The number of aromatic nitrogens is 2. The molecule has 0 unspecified atom stereocenters. The zero-order valence-electron chi connectivity index (χ0n) is 11.0. The van der Waals surface area contributed by atoms with E-state index in [4.69, 9.17) is 9.47 Å². The summed E-state index contributed by atoms with van der Waals surface area (Å²) in [6, 6.07) is 0.307. The Bertz CT molecular complexity index is 518. The summed E-state index contributed by atoms with van der Waals surface area (Å²) in [5.74, 6) is -0.266. The van der Waals surface area contributed by atoms with E-state index < -0.39 is 0 Å². The van der Waals surface area contributed by atoms with Crippen LogP contribution in [0.1, 0.15) is 25.3 Å². The summed E-state index contributed by atoms with van der Waals surface area (Å²) in [4.78, 5) is 20.0. The van der Waals surface area contributed by atoms with E-state index in [2.05, 4.69) is 9.97 Å². The smallest absolute Gasteiger partial charge is 0.334 e. The maximum Gasteiger partial charge on any atom is 0.334 e. The van der Waals surface area contributed by atoms with Gasteiger partial charge in [0.15, 0.2) is 0 Å². The molecular formula is C14H16N2O3. The Morgan fingerprint density at radius 2 is 2.11 bits per heavy atom. The van der Waals surface area contributed by atoms with Gasteiger partial charge in [-0.25, -0.2) is 14.8 Å². The molecule has 0 N–H and O–H groups in total. The topological polar surface area (TPSA) is 61.3 Å². The molecule has 0 saturated carbocycles. The largest absolute Gasteiger partial charge is 0.467 e. The van der Waals surface area contributed by atoms with Crippen LogP contribution in [0.4, 0.5) is 0 Å². The predicted molar refractivity (Wildman–Crippen MR) is 70.5 cm³/mol. The summed E-state index contributed by atoms with van der Waals surface area (Å²) in [5.41, 5.74) is 2.30. The van der Waals surface area contributed by atoms with Gasteiger partial charge < -0.3 is 9.47 Å². The van der Waals surface area contributed by atoms with Crippen LogP contribution in [0.5, 0.6) is 6.01 Å². The van der Waals surface area contributed by atoms with Gasteiger partial charge in [-0.1, -0.05) is 12.2 Å². The molecule has 0 amide bonds. The molecule has 1 aromatic heterocycles. The molecule has 1 aliphatic carbocycles. The van der Waals surface area contributed by atoms with Crippen LogP contribution in [0.15, 0.2) is 30.1 Å². The zero-order chi connectivity index (χ0) is 13.7. The summed E-state index contributed by atoms with van der Waals surface area (Å²) < 4.78 is 10.0. The van der Waals surface area contributed by atoms with Gasteiger partial charge >= 0.3 is 12.0 Å². The first-order valence-corrected chi connectivity index (χ1v) is 6.19. The van der Waals surface area contributed by atoms with Crippen molar-refractivity contribution in [3.63, 3.8) is 0 Å². The molecule has 0 bridgehead atoms. The van der Waals surface area contributed by atoms with Gasteiger partial charge in [0.1, 0.15) is 0 Å². The third kappa shape index (κ3) is 2.99. The molecule has 100 valence electrons. The molecule has 5 heteroatoms. The van der Waals surface area contributed by atoms with E-state index in [9.17, 15) is 4.79 Å². The van der Waals surface area contributed by atoms with Crippen LogP contribution in [-0.4, -0.2) is 29.7 Å². The van der Waals surface area contributed by atoms with E-state index in [1.165, 1.54) is 7.11 Å². The fourth-order valence-corrected chi connectivity index (χ4v) is 1.93. The van der Waals surface area contributed by atoms with Gasteiger partial charge in [0.05, 0.1) is 13.7 Å². The molecule has 1 aliphatic rings. The van der Waals surface area contributed by atoms with Crippen LogP contribution >= 0.6 is 0 Å². The number of esters is 1. The van der Waals surface area contributed by atoms with E-state index in [1.807, 2.05) is 12.2 Å². The van der Waals surface area contributed by atoms with Crippen LogP contribution in [0.2, 0.25) is 0 Å². The Morgan fingerprint density at radius 1 is 1.37 bits per heavy atom. The number of carbonyl (C=O) groups is 1. The monoisotopic (exact) mass is 260 g/mol. The third-order valence-electron chi connectivity index (χ3n) is 2.81. The lowest BCUT2D eigenvalue weighted by atomic mass is 9.94. The highest BCUT2D eigenvalue weighted by Gasteiger charge is 2.18. The maximum absolute atomic E-state index is 11.9. The quantitative estimate of drug-likeness (QED) is 0.776. The summed E-state index contributed by atoms with van der Waals surface area (Å²) in [6.07, 6.45) is 8.76. The van der Waals surface area contributed by atoms with Crippen LogP contribution in [0.3, 0.4) is 0 Å². The Kier molecular flexibility index (Phi) is 4.28. The summed E-state index contributed by atoms with van der Waals surface area (Å²) >= 11 is 0. The van der Waals surface area contributed by atoms with E-state index in [-0.39, 0.29) is 5.97 Å². The predicted octanol–water partition coefficient (Wildman–Crippen LogP) is 2.15. The minimum Gasteiger partial charge on any atom is -0.467 e. The Morgan fingerprint density at radius 3 is 2.74 bits per heavy atom. The SMILES string of the molecule is CCOC(=O)C1=C(c2cnc(OC)nc2)C=CCC1. The van der Waals surface area contributed by atoms with Crippen LogP contribution < -0.4 is 4.74 Å². The van der Waals surface area contributed by atoms with Gasteiger partial charge in [0, 0.05) is 23.5 Å². The van der Waals surface area contributed by atoms with Crippen LogP contribution in [0.25, 0.3) is 5.57 Å². The maximum atomic E-state index is 11.9. The van der Waals surface area contributed by atoms with E-state index in [0.717, 1.165) is 17.6 Å². The lowest BCUT2D eigenvalue weighted by Crippen LogP contribution is -2.11. The number of allylic oxidation sites excluding steroid dienone is 3. The lowest BCUT2D eigenvalue weighted by molar-refractivity contribution is -0.138. The van der Waals surface area contributed by atoms with E-state index >= 15 is 0 Å². The first kappa shape index (κ1) is 13.3. The molecule has 0 fully saturated rings. The van der Waals surface area contributed by atoms with Crippen molar-refractivity contribution in [2.24, 2.45) is 0 Å². The van der Waals surface area contributed by atoms with E-state index in [0.29, 0.717) is 24.6 Å². The second kappa shape index (κ2) is 6.13. The molecular weight excluding hydrogens is 244 g/mol. The summed E-state index contributed by atoms with van der Waals surface area (Å²) in [7, 11) is 1.51. The number of hydrogen-bond acceptors (Lipinski definition) is 5. The molecule has 0 aliphatic heterocycles. The number of hydrogen-bond donors (Lipinski definition) is 0. The Balaban J connectivity index is 2.36. The van der Waals surface area contributed by atoms with Gasteiger partial charge in [-0.15, -0.1) is 0 Å². The van der Waals surface area contributed by atoms with Gasteiger partial charge in [-0.3, -0.25) is 0 Å². The Labute approximate surface area is 112 Å². The van der Waals surface area contributed by atoms with Crippen molar-refractivity contribution in [3.05, 3.63) is 35.7 Å². The average Bonchev–Trinajstić information content (AvgIpc) is 2.47. The number of rotatable bonds is 4. The molecule has 1 heterocycles. The van der Waals surface area contributed by atoms with E-state index in [1.54, 1.807) is 19.3 Å². The Hall–Kier alpha value is -2.17. The van der Waals surface area contributed by atoms with Gasteiger partial charge in [0.25, 0.3) is 0 Å². The van der Waals surface area contributed by atoms with Gasteiger partial charge in [-0.2, -0.15) is 0 Å². The molecule has 0 spiro atoms. The number of carbonyl (C=O) groups excluding carboxylic acids is 1. The summed E-state index contributed by atoms with van der Waals surface area (Å²) in [6.45, 7) is 2.17. The first-order valence-electron chi connectivity index (χ1n) is 6.19. The van der Waals surface area contributed by atoms with Crippen molar-refractivity contribution in [1.29, 1.82) is 0 Å². The minimum absolute atomic E-state index is 0.266. The average molecular weight is 260 g/mol. The van der Waals surface area contributed by atoms with Crippen molar-refractivity contribution < 1.29 is 14.3 Å². The standard InChI is InChI=1S/C14H16N2O3/c1-3-19-13(17)12-7-5-4-6-11(12)10-8-15-14(18-2)16-9-10/h4,6,8-9H,3,5,7H2,1-2H3. The van der Waals surface area contributed by atoms with Crippen LogP contribution in [0, 0.1) is 0 Å². The second-order valence-electron chi connectivity index (χ2n) is 4.01. The second-order valence-corrected chi connectivity index (χ2v) is 4.01. The molecule has 19 heavy (non-hydrogen) atoms. The highest BCUT2D eigenvalue weighted by molar-refractivity contribution is 6.00. The van der Waals surface area contributed by atoms with Gasteiger partial charge in [-0.05, 0) is 25.3 Å². The number of nitrogens with zero attached hydrogens (tertiary/aromatic N) is 2. The van der Waals surface area contributed by atoms with Crippen molar-refractivity contribution in [2.45, 2.75) is 19.8 Å². The normalized spacial score (nSPS) is 14.4. The molecule has 0 radical (unpaired) electrons. The molecule has 1 aromatic rings. The zero-order valence-corrected chi connectivity index (χ0v) is 11.0. The minimum atomic E-state index is -0.266. The van der Waals surface area contributed by atoms with Crippen LogP contribution in [-0.2, 0) is 9.53 Å². The fraction of sp³-hybridized carbons (Fsp3) is 0.357. The third-order valence-corrected chi connectivity index (χ3v) is 2.81. The first-order chi connectivity index (χ1) is 9.26.